The van der Waals surface area contributed by atoms with Gasteiger partial charge in [-0.1, -0.05) is 6.42 Å². The van der Waals surface area contributed by atoms with Crippen molar-refractivity contribution in [3.8, 4) is 0 Å². The summed E-state index contributed by atoms with van der Waals surface area (Å²) in [7, 11) is 0. The van der Waals surface area contributed by atoms with Gasteiger partial charge in [-0.15, -0.1) is 11.3 Å². The van der Waals surface area contributed by atoms with Gasteiger partial charge in [-0.05, 0) is 62.0 Å². The third kappa shape index (κ3) is 2.91. The Morgan fingerprint density at radius 2 is 2.05 bits per heavy atom. The summed E-state index contributed by atoms with van der Waals surface area (Å²) in [6.45, 7) is 0.973. The molecule has 1 saturated carbocycles. The molecule has 2 N–H and O–H groups in total. The molecular weight excluding hydrogens is 270 g/mol. The van der Waals surface area contributed by atoms with Crippen molar-refractivity contribution in [2.75, 3.05) is 13.2 Å². The van der Waals surface area contributed by atoms with Crippen molar-refractivity contribution in [2.24, 2.45) is 11.8 Å². The number of carbonyl (C=O) groups is 1. The van der Waals surface area contributed by atoms with Gasteiger partial charge in [0.05, 0.1) is 4.88 Å². The molecule has 1 aromatic rings. The Morgan fingerprint density at radius 1 is 1.25 bits per heavy atom. The number of aliphatic hydroxyl groups excluding tert-OH is 1. The number of hydrogen-bond acceptors (Lipinski definition) is 3. The van der Waals surface area contributed by atoms with E-state index >= 15 is 0 Å². The van der Waals surface area contributed by atoms with E-state index in [1.807, 2.05) is 0 Å². The van der Waals surface area contributed by atoms with Gasteiger partial charge in [0, 0.05) is 18.0 Å². The molecule has 3 rings (SSSR count). The molecule has 0 spiro atoms. The van der Waals surface area contributed by atoms with Crippen LogP contribution in [0.3, 0.4) is 0 Å². The number of carbonyl (C=O) groups excluding carboxylic acids is 1. The number of hydrogen-bond donors (Lipinski definition) is 2. The quantitative estimate of drug-likeness (QED) is 0.897. The van der Waals surface area contributed by atoms with Crippen LogP contribution in [0.2, 0.25) is 0 Å². The molecule has 2 unspecified atom stereocenters. The highest BCUT2D eigenvalue weighted by Crippen LogP contribution is 2.32. The summed E-state index contributed by atoms with van der Waals surface area (Å²) >= 11 is 1.67. The topological polar surface area (TPSA) is 49.3 Å². The maximum Gasteiger partial charge on any atom is 0.261 e. The first-order chi connectivity index (χ1) is 9.78. The predicted molar refractivity (Wildman–Crippen MR) is 81.2 cm³/mol. The molecule has 110 valence electrons. The van der Waals surface area contributed by atoms with Crippen molar-refractivity contribution in [2.45, 2.75) is 44.9 Å². The average Bonchev–Trinajstić information content (AvgIpc) is 3.10. The maximum absolute atomic E-state index is 12.3. The molecule has 1 amide bonds. The Balaban J connectivity index is 1.57. The lowest BCUT2D eigenvalue weighted by atomic mass is 9.97. The minimum absolute atomic E-state index is 0.0768. The molecular formula is C16H23NO2S. The molecule has 0 aromatic carbocycles. The number of thiophene rings is 1. The Labute approximate surface area is 124 Å². The first-order valence-electron chi connectivity index (χ1n) is 7.78. The number of rotatable bonds is 4. The smallest absolute Gasteiger partial charge is 0.261 e. The van der Waals surface area contributed by atoms with Gasteiger partial charge in [0.15, 0.2) is 0 Å². The second-order valence-electron chi connectivity index (χ2n) is 6.11. The number of aryl methyl sites for hydroxylation is 2. The summed E-state index contributed by atoms with van der Waals surface area (Å²) in [5, 5.41) is 12.4. The van der Waals surface area contributed by atoms with Gasteiger partial charge in [-0.25, -0.2) is 0 Å². The molecule has 1 fully saturated rings. The van der Waals surface area contributed by atoms with E-state index in [4.69, 9.17) is 0 Å². The van der Waals surface area contributed by atoms with E-state index in [0.717, 1.165) is 30.6 Å². The summed E-state index contributed by atoms with van der Waals surface area (Å²) in [4.78, 5) is 14.5. The van der Waals surface area contributed by atoms with E-state index < -0.39 is 0 Å². The Morgan fingerprint density at radius 3 is 2.85 bits per heavy atom. The normalized spacial score (nSPS) is 25.4. The van der Waals surface area contributed by atoms with Crippen molar-refractivity contribution < 1.29 is 9.90 Å². The Hall–Kier alpha value is -0.870. The van der Waals surface area contributed by atoms with Gasteiger partial charge in [0.2, 0.25) is 0 Å². The van der Waals surface area contributed by atoms with Crippen molar-refractivity contribution in [3.63, 3.8) is 0 Å². The molecule has 2 atom stereocenters. The van der Waals surface area contributed by atoms with Crippen LogP contribution < -0.4 is 5.32 Å². The van der Waals surface area contributed by atoms with Crippen LogP contribution in [0.1, 0.15) is 52.2 Å². The van der Waals surface area contributed by atoms with E-state index in [-0.39, 0.29) is 12.5 Å². The van der Waals surface area contributed by atoms with Crippen LogP contribution in [-0.4, -0.2) is 24.2 Å². The summed E-state index contributed by atoms with van der Waals surface area (Å²) < 4.78 is 0. The summed E-state index contributed by atoms with van der Waals surface area (Å²) in [6, 6.07) is 2.09. The highest BCUT2D eigenvalue weighted by atomic mass is 32.1. The first-order valence-corrected chi connectivity index (χ1v) is 8.60. The number of nitrogens with one attached hydrogen (secondary N) is 1. The van der Waals surface area contributed by atoms with Crippen LogP contribution in [0, 0.1) is 11.8 Å². The van der Waals surface area contributed by atoms with E-state index in [1.165, 1.54) is 29.7 Å². The molecule has 1 heterocycles. The number of aliphatic hydroxyl groups is 1. The van der Waals surface area contributed by atoms with Crippen LogP contribution >= 0.6 is 11.3 Å². The predicted octanol–water partition coefficient (Wildman–Crippen LogP) is 2.77. The first kappa shape index (κ1) is 14.1. The van der Waals surface area contributed by atoms with Crippen molar-refractivity contribution in [3.05, 3.63) is 21.4 Å². The third-order valence-electron chi connectivity index (χ3n) is 4.80. The minimum atomic E-state index is 0.0768. The van der Waals surface area contributed by atoms with Crippen LogP contribution in [0.15, 0.2) is 6.07 Å². The van der Waals surface area contributed by atoms with E-state index in [0.29, 0.717) is 18.4 Å². The van der Waals surface area contributed by atoms with Crippen LogP contribution in [-0.2, 0) is 12.8 Å². The second kappa shape index (κ2) is 6.27. The zero-order valence-electron chi connectivity index (χ0n) is 11.9. The highest BCUT2D eigenvalue weighted by molar-refractivity contribution is 7.14. The van der Waals surface area contributed by atoms with Gasteiger partial charge in [0.25, 0.3) is 5.91 Å². The minimum Gasteiger partial charge on any atom is -0.396 e. The van der Waals surface area contributed by atoms with Crippen LogP contribution in [0.5, 0.6) is 0 Å². The zero-order chi connectivity index (χ0) is 13.9. The molecule has 2 aliphatic rings. The van der Waals surface area contributed by atoms with Crippen molar-refractivity contribution in [1.29, 1.82) is 0 Å². The summed E-state index contributed by atoms with van der Waals surface area (Å²) in [5.74, 6) is 0.915. The Bertz CT molecular complexity index is 459. The molecule has 2 aliphatic carbocycles. The lowest BCUT2D eigenvalue weighted by molar-refractivity contribution is 0.0941. The zero-order valence-corrected chi connectivity index (χ0v) is 12.7. The monoisotopic (exact) mass is 293 g/mol. The summed E-state index contributed by atoms with van der Waals surface area (Å²) in [5.41, 5.74) is 1.39. The molecule has 0 radical (unpaired) electrons. The number of amides is 1. The fourth-order valence-corrected chi connectivity index (χ4v) is 4.71. The fourth-order valence-electron chi connectivity index (χ4n) is 3.54. The highest BCUT2D eigenvalue weighted by Gasteiger charge is 2.27. The van der Waals surface area contributed by atoms with Gasteiger partial charge in [-0.3, -0.25) is 4.79 Å². The van der Waals surface area contributed by atoms with E-state index in [9.17, 15) is 9.90 Å². The van der Waals surface area contributed by atoms with Gasteiger partial charge in [-0.2, -0.15) is 0 Å². The van der Waals surface area contributed by atoms with E-state index in [1.54, 1.807) is 11.3 Å². The maximum atomic E-state index is 12.3. The van der Waals surface area contributed by atoms with Crippen LogP contribution in [0.25, 0.3) is 0 Å². The number of fused-ring (bicyclic) bond motifs is 1. The molecule has 0 aliphatic heterocycles. The lowest BCUT2D eigenvalue weighted by Crippen LogP contribution is -2.31. The standard InChI is InChI=1S/C16H23NO2S/c18-10-13-6-3-5-12(13)9-17-16(19)15-8-11-4-1-2-7-14(11)20-15/h8,12-13,18H,1-7,9-10H2,(H,17,19). The fraction of sp³-hybridized carbons (Fsp3) is 0.688. The van der Waals surface area contributed by atoms with Crippen molar-refractivity contribution in [1.82, 2.24) is 5.32 Å². The largest absolute Gasteiger partial charge is 0.396 e. The molecule has 0 saturated heterocycles. The van der Waals surface area contributed by atoms with Crippen LogP contribution in [0.4, 0.5) is 0 Å². The molecule has 20 heavy (non-hydrogen) atoms. The molecule has 0 bridgehead atoms. The third-order valence-corrected chi connectivity index (χ3v) is 6.03. The molecule has 4 heteroatoms. The van der Waals surface area contributed by atoms with E-state index in [2.05, 4.69) is 11.4 Å². The van der Waals surface area contributed by atoms with Gasteiger partial charge >= 0.3 is 0 Å². The van der Waals surface area contributed by atoms with Gasteiger partial charge < -0.3 is 10.4 Å². The second-order valence-corrected chi connectivity index (χ2v) is 7.25. The summed E-state index contributed by atoms with van der Waals surface area (Å²) in [6.07, 6.45) is 8.20. The lowest BCUT2D eigenvalue weighted by Gasteiger charge is -2.17. The van der Waals surface area contributed by atoms with Gasteiger partial charge in [0.1, 0.15) is 0 Å². The molecule has 3 nitrogen and oxygen atoms in total. The molecule has 1 aromatic heterocycles. The SMILES string of the molecule is O=C(NCC1CCCC1CO)c1cc2c(s1)CCCC2. The van der Waals surface area contributed by atoms with Crippen molar-refractivity contribution >= 4 is 17.2 Å². The average molecular weight is 293 g/mol. The Kier molecular flexibility index (Phi) is 4.41.